The lowest BCUT2D eigenvalue weighted by molar-refractivity contribution is 0.397. The molecule has 10 heavy (non-hydrogen) atoms. The molecule has 5 N–H and O–H groups in total. The summed E-state index contributed by atoms with van der Waals surface area (Å²) in [5, 5.41) is 6.17. The van der Waals surface area contributed by atoms with Gasteiger partial charge in [0.25, 0.3) is 0 Å². The first-order valence-electron chi connectivity index (χ1n) is 2.41. The minimum absolute atomic E-state index is 0.228. The van der Waals surface area contributed by atoms with Crippen LogP contribution in [0.2, 0.25) is 0 Å². The van der Waals surface area contributed by atoms with Gasteiger partial charge in [0.2, 0.25) is 0 Å². The molecule has 0 bridgehead atoms. The Morgan fingerprint density at radius 3 is 2.30 bits per heavy atom. The second-order valence-electron chi connectivity index (χ2n) is 1.69. The van der Waals surface area contributed by atoms with Gasteiger partial charge < -0.3 is 15.5 Å². The Balaban J connectivity index is 3.93. The lowest BCUT2D eigenvalue weighted by Crippen LogP contribution is -2.21. The lowest BCUT2D eigenvalue weighted by atomic mass is 10.4. The summed E-state index contributed by atoms with van der Waals surface area (Å²) in [7, 11) is 0. The van der Waals surface area contributed by atoms with E-state index in [-0.39, 0.29) is 5.84 Å². The fourth-order valence-electron chi connectivity index (χ4n) is 0.263. The van der Waals surface area contributed by atoms with Crippen molar-refractivity contribution in [2.45, 2.75) is 12.2 Å². The third-order valence-corrected chi connectivity index (χ3v) is 3.35. The van der Waals surface area contributed by atoms with Gasteiger partial charge in [-0.25, -0.2) is 4.57 Å². The zero-order valence-corrected chi connectivity index (χ0v) is 7.02. The second kappa shape index (κ2) is 3.39. The monoisotopic (exact) mass is 184 g/mol. The molecule has 0 saturated heterocycles. The van der Waals surface area contributed by atoms with Crippen LogP contribution in [0.4, 0.5) is 0 Å². The van der Waals surface area contributed by atoms with E-state index in [4.69, 9.17) is 20.9 Å². The van der Waals surface area contributed by atoms with Crippen molar-refractivity contribution in [3.8, 4) is 0 Å². The van der Waals surface area contributed by atoms with Gasteiger partial charge in [-0.2, -0.15) is 0 Å². The fraction of sp³-hybridized carbons (Fsp3) is 0.667. The van der Waals surface area contributed by atoms with Gasteiger partial charge in [0.05, 0.1) is 5.25 Å². The number of hydrogen-bond donors (Lipinski definition) is 4. The molecule has 0 rings (SSSR count). The van der Waals surface area contributed by atoms with Crippen LogP contribution < -0.4 is 5.73 Å². The molecule has 0 aromatic carbocycles. The Bertz CT molecular complexity index is 179. The maximum atomic E-state index is 10.3. The Labute approximate surface area is 62.4 Å². The van der Waals surface area contributed by atoms with Gasteiger partial charge in [0.15, 0.2) is 0 Å². The quantitative estimate of drug-likeness (QED) is 0.283. The molecule has 0 aromatic heterocycles. The third kappa shape index (κ3) is 4.81. The molecule has 1 unspecified atom stereocenters. The molecule has 0 radical (unpaired) electrons. The molecule has 5 nitrogen and oxygen atoms in total. The normalized spacial score (nSPS) is 14.7. The lowest BCUT2D eigenvalue weighted by Gasteiger charge is -2.08. The first-order valence-corrected chi connectivity index (χ1v) is 5.50. The predicted octanol–water partition coefficient (Wildman–Crippen LogP) is 0.137. The minimum Gasteiger partial charge on any atom is -0.387 e. The van der Waals surface area contributed by atoms with Crippen LogP contribution in [0.5, 0.6) is 0 Å². The molecule has 0 fully saturated rings. The van der Waals surface area contributed by atoms with Crippen molar-refractivity contribution in [1.29, 1.82) is 5.41 Å². The molecule has 0 aromatic rings. The molecule has 0 aliphatic carbocycles. The summed E-state index contributed by atoms with van der Waals surface area (Å²) in [6.45, 7) is -2.62. The first kappa shape index (κ1) is 9.97. The average molecular weight is 184 g/mol. The van der Waals surface area contributed by atoms with Gasteiger partial charge in [-0.3, -0.25) is 5.41 Å². The average Bonchev–Trinajstić information content (AvgIpc) is 1.60. The molecule has 0 aliphatic rings. The van der Waals surface area contributed by atoms with Crippen molar-refractivity contribution in [2.75, 3.05) is 0 Å². The van der Waals surface area contributed by atoms with E-state index in [0.717, 1.165) is 0 Å². The fourth-order valence-corrected chi connectivity index (χ4v) is 2.36. The maximum Gasteiger partial charge on any atom is 0.384 e. The van der Waals surface area contributed by atoms with Gasteiger partial charge >= 0.3 is 6.80 Å². The zero-order chi connectivity index (χ0) is 8.36. The molecule has 0 spiro atoms. The van der Waals surface area contributed by atoms with E-state index in [1.807, 2.05) is 0 Å². The second-order valence-corrected chi connectivity index (χ2v) is 5.65. The van der Waals surface area contributed by atoms with Gasteiger partial charge in [-0.1, -0.05) is 0 Å². The van der Waals surface area contributed by atoms with Crippen LogP contribution in [0.3, 0.4) is 0 Å². The molecule has 1 atom stereocenters. The van der Waals surface area contributed by atoms with Crippen LogP contribution in [0.25, 0.3) is 0 Å². The Kier molecular flexibility index (Phi) is 3.38. The summed E-state index contributed by atoms with van der Waals surface area (Å²) in [6, 6.07) is 0. The van der Waals surface area contributed by atoms with Gasteiger partial charge in [0, 0.05) is 0 Å². The van der Waals surface area contributed by atoms with Crippen LogP contribution in [-0.4, -0.2) is 20.9 Å². The van der Waals surface area contributed by atoms with Crippen molar-refractivity contribution in [1.82, 2.24) is 0 Å². The highest BCUT2D eigenvalue weighted by Crippen LogP contribution is 2.52. The summed E-state index contributed by atoms with van der Waals surface area (Å²) in [5.41, 5.74) is 4.96. The van der Waals surface area contributed by atoms with Crippen molar-refractivity contribution in [3.05, 3.63) is 0 Å². The van der Waals surface area contributed by atoms with Crippen LogP contribution in [0, 0.1) is 5.41 Å². The van der Waals surface area contributed by atoms with Crippen LogP contribution in [0.1, 0.15) is 6.92 Å². The third-order valence-electron chi connectivity index (χ3n) is 0.733. The maximum absolute atomic E-state index is 10.3. The number of nitrogens with two attached hydrogens (primary N) is 1. The van der Waals surface area contributed by atoms with Gasteiger partial charge in [-0.05, 0) is 18.3 Å². The van der Waals surface area contributed by atoms with E-state index in [2.05, 4.69) is 0 Å². The molecule has 60 valence electrons. The molecular formula is C3H9N2O3PS. The van der Waals surface area contributed by atoms with Crippen molar-refractivity contribution in [2.24, 2.45) is 5.73 Å². The van der Waals surface area contributed by atoms with E-state index >= 15 is 0 Å². The standard InChI is InChI=1S/C3H9N2O3PS/c1-2(3(4)5)10-9(6,7)8/h2H,1H3,(H3,4,5)(H2,6,7,8). The largest absolute Gasteiger partial charge is 0.387 e. The Hall–Kier alpha value is -0.0300. The smallest absolute Gasteiger partial charge is 0.384 e. The topological polar surface area (TPSA) is 107 Å². The SMILES string of the molecule is CC(SP(=O)(O)O)C(=N)N. The summed E-state index contributed by atoms with van der Waals surface area (Å²) in [4.78, 5) is 16.7. The van der Waals surface area contributed by atoms with E-state index in [0.29, 0.717) is 11.4 Å². The molecule has 0 aliphatic heterocycles. The number of rotatable bonds is 3. The molecule has 7 heteroatoms. The molecule has 0 saturated carbocycles. The highest BCUT2D eigenvalue weighted by Gasteiger charge is 2.20. The number of hydrogen-bond acceptors (Lipinski definition) is 3. The minimum atomic E-state index is -4.08. The number of nitrogens with one attached hydrogen (secondary N) is 1. The summed E-state index contributed by atoms with van der Waals surface area (Å²) < 4.78 is 10.3. The van der Waals surface area contributed by atoms with E-state index in [1.165, 1.54) is 6.92 Å². The van der Waals surface area contributed by atoms with Gasteiger partial charge in [-0.15, -0.1) is 0 Å². The predicted molar refractivity (Wildman–Crippen MR) is 41.0 cm³/mol. The summed E-state index contributed by atoms with van der Waals surface area (Å²) in [6.07, 6.45) is 0. The molecule has 0 heterocycles. The van der Waals surface area contributed by atoms with Crippen LogP contribution in [0.15, 0.2) is 0 Å². The Morgan fingerprint density at radius 2 is 2.20 bits per heavy atom. The molecular weight excluding hydrogens is 175 g/mol. The Morgan fingerprint density at radius 1 is 1.80 bits per heavy atom. The summed E-state index contributed by atoms with van der Waals surface area (Å²) in [5.74, 6) is -0.228. The van der Waals surface area contributed by atoms with E-state index in [9.17, 15) is 4.57 Å². The van der Waals surface area contributed by atoms with Crippen molar-refractivity contribution >= 4 is 24.0 Å². The van der Waals surface area contributed by atoms with Gasteiger partial charge in [0.1, 0.15) is 5.84 Å². The van der Waals surface area contributed by atoms with Crippen molar-refractivity contribution in [3.63, 3.8) is 0 Å². The molecule has 0 amide bonds. The van der Waals surface area contributed by atoms with Crippen LogP contribution >= 0.6 is 18.2 Å². The van der Waals surface area contributed by atoms with Crippen molar-refractivity contribution < 1.29 is 14.4 Å². The highest BCUT2D eigenvalue weighted by atomic mass is 32.7. The zero-order valence-electron chi connectivity index (χ0n) is 5.31. The first-order chi connectivity index (χ1) is 4.33. The highest BCUT2D eigenvalue weighted by molar-refractivity contribution is 8.55. The van der Waals surface area contributed by atoms with E-state index in [1.54, 1.807) is 0 Å². The summed E-state index contributed by atoms with van der Waals surface area (Å²) >= 11 is 0.382. The number of amidine groups is 1. The van der Waals surface area contributed by atoms with Crippen LogP contribution in [-0.2, 0) is 4.57 Å². The van der Waals surface area contributed by atoms with E-state index < -0.39 is 12.0 Å².